The number of rotatable bonds is 2. The first-order chi connectivity index (χ1) is 7.20. The molecule has 15 heavy (non-hydrogen) atoms. The van der Waals surface area contributed by atoms with E-state index in [1.54, 1.807) is 0 Å². The van der Waals surface area contributed by atoms with Crippen LogP contribution in [0.5, 0.6) is 0 Å². The fourth-order valence-electron chi connectivity index (χ4n) is 2.47. The second-order valence-electron chi connectivity index (χ2n) is 4.70. The Hall–Kier alpha value is -0.500. The van der Waals surface area contributed by atoms with Crippen LogP contribution in [0.4, 0.5) is 0 Å². The van der Waals surface area contributed by atoms with Crippen molar-refractivity contribution >= 4 is 11.6 Å². The van der Waals surface area contributed by atoms with Gasteiger partial charge >= 0.3 is 0 Å². The van der Waals surface area contributed by atoms with E-state index in [1.165, 1.54) is 25.0 Å². The van der Waals surface area contributed by atoms with Crippen LogP contribution < -0.4 is 0 Å². The molecule has 0 radical (unpaired) electrons. The SMILES string of the molecule is CC(C)n1nccc1C1CCCCC1Cl. The number of alkyl halides is 1. The van der Waals surface area contributed by atoms with Crippen molar-refractivity contribution in [3.8, 4) is 0 Å². The Morgan fingerprint density at radius 1 is 1.40 bits per heavy atom. The molecule has 0 spiro atoms. The largest absolute Gasteiger partial charge is 0.267 e. The van der Waals surface area contributed by atoms with E-state index in [1.807, 2.05) is 6.20 Å². The summed E-state index contributed by atoms with van der Waals surface area (Å²) in [6.07, 6.45) is 6.84. The number of hydrogen-bond acceptors (Lipinski definition) is 1. The highest BCUT2D eigenvalue weighted by molar-refractivity contribution is 6.21. The van der Waals surface area contributed by atoms with Crippen molar-refractivity contribution in [2.75, 3.05) is 0 Å². The molecule has 2 nitrogen and oxygen atoms in total. The lowest BCUT2D eigenvalue weighted by Gasteiger charge is -2.28. The third kappa shape index (κ3) is 2.20. The molecule has 0 aromatic carbocycles. The molecule has 1 saturated carbocycles. The minimum atomic E-state index is 0.299. The van der Waals surface area contributed by atoms with E-state index >= 15 is 0 Å². The zero-order chi connectivity index (χ0) is 10.8. The van der Waals surface area contributed by atoms with Crippen molar-refractivity contribution in [1.82, 2.24) is 9.78 Å². The van der Waals surface area contributed by atoms with E-state index in [-0.39, 0.29) is 0 Å². The number of aromatic nitrogens is 2. The molecule has 1 aromatic heterocycles. The highest BCUT2D eigenvalue weighted by atomic mass is 35.5. The molecule has 1 heterocycles. The lowest BCUT2D eigenvalue weighted by atomic mass is 9.86. The van der Waals surface area contributed by atoms with Crippen LogP contribution in [0, 0.1) is 0 Å². The molecule has 0 bridgehead atoms. The van der Waals surface area contributed by atoms with Gasteiger partial charge in [-0.05, 0) is 32.8 Å². The summed E-state index contributed by atoms with van der Waals surface area (Å²) in [6.45, 7) is 4.34. The molecule has 1 aliphatic carbocycles. The van der Waals surface area contributed by atoms with Gasteiger partial charge < -0.3 is 0 Å². The minimum Gasteiger partial charge on any atom is -0.267 e. The van der Waals surface area contributed by atoms with Crippen LogP contribution in [0.3, 0.4) is 0 Å². The molecule has 2 unspecified atom stereocenters. The number of nitrogens with zero attached hydrogens (tertiary/aromatic N) is 2. The summed E-state index contributed by atoms with van der Waals surface area (Å²) < 4.78 is 2.12. The lowest BCUT2D eigenvalue weighted by molar-refractivity contribution is 0.406. The third-order valence-electron chi connectivity index (χ3n) is 3.25. The lowest BCUT2D eigenvalue weighted by Crippen LogP contribution is -2.21. The maximum Gasteiger partial charge on any atom is 0.0492 e. The van der Waals surface area contributed by atoms with Crippen molar-refractivity contribution < 1.29 is 0 Å². The van der Waals surface area contributed by atoms with E-state index in [9.17, 15) is 0 Å². The zero-order valence-corrected chi connectivity index (χ0v) is 10.2. The van der Waals surface area contributed by atoms with Crippen LogP contribution in [0.25, 0.3) is 0 Å². The quantitative estimate of drug-likeness (QED) is 0.703. The predicted molar refractivity (Wildman–Crippen MR) is 63.5 cm³/mol. The first-order valence-electron chi connectivity index (χ1n) is 5.87. The monoisotopic (exact) mass is 226 g/mol. The van der Waals surface area contributed by atoms with Gasteiger partial charge in [-0.3, -0.25) is 4.68 Å². The normalized spacial score (nSPS) is 27.2. The van der Waals surface area contributed by atoms with Gasteiger partial charge in [-0.2, -0.15) is 5.10 Å². The topological polar surface area (TPSA) is 17.8 Å². The maximum atomic E-state index is 6.41. The van der Waals surface area contributed by atoms with Crippen LogP contribution in [-0.2, 0) is 0 Å². The van der Waals surface area contributed by atoms with E-state index in [0.29, 0.717) is 17.3 Å². The molecule has 0 amide bonds. The van der Waals surface area contributed by atoms with Gasteiger partial charge in [0.15, 0.2) is 0 Å². The van der Waals surface area contributed by atoms with Gasteiger partial charge in [0, 0.05) is 29.2 Å². The smallest absolute Gasteiger partial charge is 0.0492 e. The van der Waals surface area contributed by atoms with Crippen LogP contribution in [0.15, 0.2) is 12.3 Å². The Labute approximate surface area is 96.6 Å². The fourth-order valence-corrected chi connectivity index (χ4v) is 2.88. The maximum absolute atomic E-state index is 6.41. The van der Waals surface area contributed by atoms with Crippen molar-refractivity contribution in [3.63, 3.8) is 0 Å². The standard InChI is InChI=1S/C12H19ClN2/c1-9(2)15-12(7-8-14-15)10-5-3-4-6-11(10)13/h7-11H,3-6H2,1-2H3. The molecule has 0 N–H and O–H groups in total. The molecule has 1 aliphatic rings. The minimum absolute atomic E-state index is 0.299. The molecule has 3 heteroatoms. The first kappa shape index (κ1) is 11.0. The first-order valence-corrected chi connectivity index (χ1v) is 6.31. The number of hydrogen-bond donors (Lipinski definition) is 0. The number of halogens is 1. The van der Waals surface area contributed by atoms with E-state index in [0.717, 1.165) is 6.42 Å². The average Bonchev–Trinajstić information content (AvgIpc) is 2.67. The fraction of sp³-hybridized carbons (Fsp3) is 0.750. The van der Waals surface area contributed by atoms with Crippen molar-refractivity contribution in [2.45, 2.75) is 56.9 Å². The van der Waals surface area contributed by atoms with Crippen LogP contribution in [0.2, 0.25) is 0 Å². The second-order valence-corrected chi connectivity index (χ2v) is 5.26. The Balaban J connectivity index is 2.23. The average molecular weight is 227 g/mol. The molecule has 0 aliphatic heterocycles. The van der Waals surface area contributed by atoms with Crippen LogP contribution in [-0.4, -0.2) is 15.2 Å². The van der Waals surface area contributed by atoms with Gasteiger partial charge in [-0.1, -0.05) is 12.8 Å². The summed E-state index contributed by atoms with van der Waals surface area (Å²) in [5, 5.41) is 4.68. The molecule has 1 fully saturated rings. The van der Waals surface area contributed by atoms with Gasteiger partial charge in [0.05, 0.1) is 0 Å². The van der Waals surface area contributed by atoms with Crippen molar-refractivity contribution in [2.24, 2.45) is 0 Å². The van der Waals surface area contributed by atoms with Gasteiger partial charge in [0.2, 0.25) is 0 Å². The molecular formula is C12H19ClN2. The van der Waals surface area contributed by atoms with E-state index in [4.69, 9.17) is 11.6 Å². The summed E-state index contributed by atoms with van der Waals surface area (Å²) in [4.78, 5) is 0. The Kier molecular flexibility index (Phi) is 3.35. The van der Waals surface area contributed by atoms with Crippen LogP contribution >= 0.6 is 11.6 Å². The van der Waals surface area contributed by atoms with E-state index in [2.05, 4.69) is 29.7 Å². The summed E-state index contributed by atoms with van der Waals surface area (Å²) in [7, 11) is 0. The van der Waals surface area contributed by atoms with Gasteiger partial charge in [-0.15, -0.1) is 11.6 Å². The summed E-state index contributed by atoms with van der Waals surface area (Å²) in [5.74, 6) is 0.505. The summed E-state index contributed by atoms with van der Waals surface area (Å²) in [5.41, 5.74) is 1.32. The summed E-state index contributed by atoms with van der Waals surface area (Å²) in [6, 6.07) is 2.56. The Morgan fingerprint density at radius 3 is 2.80 bits per heavy atom. The zero-order valence-electron chi connectivity index (χ0n) is 9.49. The highest BCUT2D eigenvalue weighted by Crippen LogP contribution is 2.36. The molecule has 2 atom stereocenters. The highest BCUT2D eigenvalue weighted by Gasteiger charge is 2.27. The Morgan fingerprint density at radius 2 is 2.13 bits per heavy atom. The van der Waals surface area contributed by atoms with Gasteiger partial charge in [0.25, 0.3) is 0 Å². The van der Waals surface area contributed by atoms with Gasteiger partial charge in [-0.25, -0.2) is 0 Å². The molecule has 2 rings (SSSR count). The third-order valence-corrected chi connectivity index (χ3v) is 3.77. The molecular weight excluding hydrogens is 208 g/mol. The second kappa shape index (κ2) is 4.56. The molecule has 0 saturated heterocycles. The molecule has 84 valence electrons. The predicted octanol–water partition coefficient (Wildman–Crippen LogP) is 3.73. The van der Waals surface area contributed by atoms with Crippen LogP contribution in [0.1, 0.15) is 57.2 Å². The Bertz CT molecular complexity index is 319. The van der Waals surface area contributed by atoms with Crippen molar-refractivity contribution in [3.05, 3.63) is 18.0 Å². The molecule has 1 aromatic rings. The van der Waals surface area contributed by atoms with Gasteiger partial charge in [0.1, 0.15) is 0 Å². The van der Waals surface area contributed by atoms with E-state index < -0.39 is 0 Å². The summed E-state index contributed by atoms with van der Waals surface area (Å²) >= 11 is 6.41. The van der Waals surface area contributed by atoms with Crippen molar-refractivity contribution in [1.29, 1.82) is 0 Å².